The molecule has 0 aliphatic rings. The fourth-order valence-electron chi connectivity index (χ4n) is 2.36. The SMILES string of the molecule is CC.Cc1ccc(SCC(C)(C)CC=O)c(Cc2ccccc2)c1. The maximum absolute atomic E-state index is 10.8. The van der Waals surface area contributed by atoms with E-state index in [9.17, 15) is 4.79 Å². The number of aryl methyl sites for hydroxylation is 1. The zero-order valence-corrected chi connectivity index (χ0v) is 16.5. The molecule has 0 amide bonds. The molecule has 0 aliphatic heterocycles. The molecule has 2 aromatic rings. The minimum atomic E-state index is 0.0430. The van der Waals surface area contributed by atoms with Gasteiger partial charge in [-0.15, -0.1) is 11.8 Å². The van der Waals surface area contributed by atoms with E-state index < -0.39 is 0 Å². The van der Waals surface area contributed by atoms with Gasteiger partial charge in [-0.2, -0.15) is 0 Å². The van der Waals surface area contributed by atoms with Gasteiger partial charge in [-0.1, -0.05) is 75.7 Å². The maximum Gasteiger partial charge on any atom is 0.120 e. The molecular formula is C22H30OS. The van der Waals surface area contributed by atoms with Crippen LogP contribution in [-0.2, 0) is 11.2 Å². The second-order valence-electron chi connectivity index (χ2n) is 6.60. The molecule has 0 radical (unpaired) electrons. The molecule has 0 unspecified atom stereocenters. The molecule has 0 N–H and O–H groups in total. The van der Waals surface area contributed by atoms with E-state index in [1.54, 1.807) is 0 Å². The Hall–Kier alpha value is -1.54. The summed E-state index contributed by atoms with van der Waals surface area (Å²) in [6.45, 7) is 10.4. The number of carbonyl (C=O) groups excluding carboxylic acids is 1. The van der Waals surface area contributed by atoms with Crippen LogP contribution in [0.15, 0.2) is 53.4 Å². The number of rotatable bonds is 7. The quantitative estimate of drug-likeness (QED) is 0.432. The van der Waals surface area contributed by atoms with Gasteiger partial charge in [-0.3, -0.25) is 0 Å². The minimum Gasteiger partial charge on any atom is -0.303 e. The molecule has 24 heavy (non-hydrogen) atoms. The third kappa shape index (κ3) is 6.92. The van der Waals surface area contributed by atoms with Gasteiger partial charge in [-0.25, -0.2) is 0 Å². The molecule has 0 aliphatic carbocycles. The summed E-state index contributed by atoms with van der Waals surface area (Å²) in [7, 11) is 0. The Morgan fingerprint density at radius 1 is 1.04 bits per heavy atom. The largest absolute Gasteiger partial charge is 0.303 e. The normalized spacial score (nSPS) is 10.7. The number of carbonyl (C=O) groups is 1. The van der Waals surface area contributed by atoms with Crippen LogP contribution in [0, 0.1) is 12.3 Å². The smallest absolute Gasteiger partial charge is 0.120 e. The number of thioether (sulfide) groups is 1. The third-order valence-corrected chi connectivity index (χ3v) is 5.34. The third-order valence-electron chi connectivity index (χ3n) is 3.71. The van der Waals surface area contributed by atoms with Crippen LogP contribution in [0.3, 0.4) is 0 Å². The highest BCUT2D eigenvalue weighted by atomic mass is 32.2. The van der Waals surface area contributed by atoms with E-state index in [2.05, 4.69) is 69.3 Å². The van der Waals surface area contributed by atoms with Crippen molar-refractivity contribution in [3.05, 3.63) is 65.2 Å². The van der Waals surface area contributed by atoms with E-state index in [1.165, 1.54) is 21.6 Å². The van der Waals surface area contributed by atoms with Gasteiger partial charge >= 0.3 is 0 Å². The van der Waals surface area contributed by atoms with Crippen LogP contribution in [0.1, 0.15) is 50.8 Å². The van der Waals surface area contributed by atoms with Crippen molar-refractivity contribution in [3.63, 3.8) is 0 Å². The first-order valence-corrected chi connectivity index (χ1v) is 9.69. The fraction of sp³-hybridized carbons (Fsp3) is 0.409. The summed E-state index contributed by atoms with van der Waals surface area (Å²) < 4.78 is 0. The predicted molar refractivity (Wildman–Crippen MR) is 107 cm³/mol. The summed E-state index contributed by atoms with van der Waals surface area (Å²) >= 11 is 1.86. The Morgan fingerprint density at radius 3 is 2.33 bits per heavy atom. The molecular weight excluding hydrogens is 312 g/mol. The number of benzene rings is 2. The van der Waals surface area contributed by atoms with Gasteiger partial charge in [0.05, 0.1) is 0 Å². The molecule has 2 aromatic carbocycles. The summed E-state index contributed by atoms with van der Waals surface area (Å²) in [6.07, 6.45) is 2.60. The predicted octanol–water partition coefficient (Wildman–Crippen LogP) is 6.32. The van der Waals surface area contributed by atoms with Crippen LogP contribution >= 0.6 is 11.8 Å². The molecule has 0 bridgehead atoms. The summed E-state index contributed by atoms with van der Waals surface area (Å²) in [5.74, 6) is 0.955. The highest BCUT2D eigenvalue weighted by molar-refractivity contribution is 7.99. The standard InChI is InChI=1S/C20H24OS.C2H6/c1-16-9-10-19(22-15-20(2,3)11-12-21)18(13-16)14-17-7-5-4-6-8-17;1-2/h4-10,12-13H,11,14-15H2,1-3H3;1-2H3. The molecule has 0 spiro atoms. The van der Waals surface area contributed by atoms with E-state index in [-0.39, 0.29) is 5.41 Å². The first-order valence-electron chi connectivity index (χ1n) is 8.70. The molecule has 0 saturated carbocycles. The van der Waals surface area contributed by atoms with Gasteiger partial charge in [0, 0.05) is 17.1 Å². The van der Waals surface area contributed by atoms with Gasteiger partial charge in [0.2, 0.25) is 0 Å². The molecule has 0 aromatic heterocycles. The summed E-state index contributed by atoms with van der Waals surface area (Å²) in [6, 6.07) is 17.2. The lowest BCUT2D eigenvalue weighted by Gasteiger charge is -2.22. The molecule has 0 atom stereocenters. The Balaban J connectivity index is 0.00000139. The lowest BCUT2D eigenvalue weighted by atomic mass is 9.93. The lowest BCUT2D eigenvalue weighted by Crippen LogP contribution is -2.15. The van der Waals surface area contributed by atoms with Crippen LogP contribution in [0.5, 0.6) is 0 Å². The average molecular weight is 343 g/mol. The highest BCUT2D eigenvalue weighted by Gasteiger charge is 2.18. The molecule has 0 heterocycles. The van der Waals surface area contributed by atoms with Crippen LogP contribution in [0.25, 0.3) is 0 Å². The van der Waals surface area contributed by atoms with Crippen LogP contribution in [0.2, 0.25) is 0 Å². The van der Waals surface area contributed by atoms with E-state index >= 15 is 0 Å². The van der Waals surface area contributed by atoms with Crippen molar-refractivity contribution in [1.29, 1.82) is 0 Å². The van der Waals surface area contributed by atoms with Gasteiger partial charge in [0.25, 0.3) is 0 Å². The highest BCUT2D eigenvalue weighted by Crippen LogP contribution is 2.32. The topological polar surface area (TPSA) is 17.1 Å². The zero-order chi connectivity index (χ0) is 18.0. The molecule has 0 fully saturated rings. The molecule has 2 rings (SSSR count). The van der Waals surface area contributed by atoms with Crippen LogP contribution < -0.4 is 0 Å². The minimum absolute atomic E-state index is 0.0430. The monoisotopic (exact) mass is 342 g/mol. The van der Waals surface area contributed by atoms with Crippen molar-refractivity contribution >= 4 is 18.0 Å². The second-order valence-corrected chi connectivity index (χ2v) is 7.61. The van der Waals surface area contributed by atoms with Gasteiger partial charge < -0.3 is 4.79 Å². The van der Waals surface area contributed by atoms with E-state index in [0.717, 1.165) is 18.5 Å². The van der Waals surface area contributed by atoms with Crippen molar-refractivity contribution in [2.24, 2.45) is 5.41 Å². The maximum atomic E-state index is 10.8. The Bertz CT molecular complexity index is 617. The van der Waals surface area contributed by atoms with Gasteiger partial charge in [0.1, 0.15) is 6.29 Å². The van der Waals surface area contributed by atoms with Crippen molar-refractivity contribution in [1.82, 2.24) is 0 Å². The van der Waals surface area contributed by atoms with Crippen molar-refractivity contribution < 1.29 is 4.79 Å². The average Bonchev–Trinajstić information content (AvgIpc) is 2.57. The Labute approximate surface area is 151 Å². The van der Waals surface area contributed by atoms with Crippen LogP contribution in [-0.4, -0.2) is 12.0 Å². The molecule has 130 valence electrons. The Morgan fingerprint density at radius 2 is 1.71 bits per heavy atom. The van der Waals surface area contributed by atoms with Crippen molar-refractivity contribution in [2.45, 2.75) is 52.4 Å². The first-order chi connectivity index (χ1) is 11.5. The lowest BCUT2D eigenvalue weighted by molar-refractivity contribution is -0.109. The van der Waals surface area contributed by atoms with Gasteiger partial charge in [0.15, 0.2) is 0 Å². The Kier molecular flexibility index (Phi) is 8.84. The summed E-state index contributed by atoms with van der Waals surface area (Å²) in [5.41, 5.74) is 4.05. The van der Waals surface area contributed by atoms with E-state index in [4.69, 9.17) is 0 Å². The molecule has 2 heteroatoms. The molecule has 1 nitrogen and oxygen atoms in total. The zero-order valence-electron chi connectivity index (χ0n) is 15.6. The van der Waals surface area contributed by atoms with Gasteiger partial charge in [-0.05, 0) is 36.0 Å². The number of aldehydes is 1. The van der Waals surface area contributed by atoms with E-state index in [1.807, 2.05) is 25.6 Å². The summed E-state index contributed by atoms with van der Waals surface area (Å²) in [5, 5.41) is 0. The van der Waals surface area contributed by atoms with Crippen molar-refractivity contribution in [2.75, 3.05) is 5.75 Å². The van der Waals surface area contributed by atoms with Crippen LogP contribution in [0.4, 0.5) is 0 Å². The fourth-order valence-corrected chi connectivity index (χ4v) is 3.51. The second kappa shape index (κ2) is 10.4. The first kappa shape index (κ1) is 20.5. The summed E-state index contributed by atoms with van der Waals surface area (Å²) in [4.78, 5) is 12.1. The van der Waals surface area contributed by atoms with E-state index in [0.29, 0.717) is 6.42 Å². The van der Waals surface area contributed by atoms with Crippen molar-refractivity contribution in [3.8, 4) is 0 Å². The number of hydrogen-bond acceptors (Lipinski definition) is 2. The number of hydrogen-bond donors (Lipinski definition) is 0. The molecule has 0 saturated heterocycles.